The predicted octanol–water partition coefficient (Wildman–Crippen LogP) is 20.0. The van der Waals surface area contributed by atoms with E-state index in [9.17, 15) is 19.2 Å². The summed E-state index contributed by atoms with van der Waals surface area (Å²) < 4.78 is 4.91. The topological polar surface area (TPSA) is 307 Å². The van der Waals surface area contributed by atoms with Crippen LogP contribution in [0.2, 0.25) is 30.1 Å². The van der Waals surface area contributed by atoms with Crippen LogP contribution in [0.15, 0.2) is 125 Å². The summed E-state index contributed by atoms with van der Waals surface area (Å²) in [5.41, 5.74) is 38.8. The molecule has 0 radical (unpaired) electrons. The van der Waals surface area contributed by atoms with E-state index in [4.69, 9.17) is 113 Å². The number of aromatic amines is 2. The van der Waals surface area contributed by atoms with Crippen molar-refractivity contribution in [2.75, 3.05) is 78.3 Å². The maximum atomic E-state index is 12.2. The minimum atomic E-state index is -0.476. The molecular formula is C85H101Cl7N14O5. The smallest absolute Gasteiger partial charge is 0.259 e. The molecule has 0 atom stereocenters. The number of benzene rings is 8. The summed E-state index contributed by atoms with van der Waals surface area (Å²) in [6, 6.07) is 36.9. The van der Waals surface area contributed by atoms with Crippen LogP contribution in [-0.2, 0) is 4.79 Å². The van der Waals surface area contributed by atoms with E-state index in [0.29, 0.717) is 80.9 Å². The van der Waals surface area contributed by atoms with Gasteiger partial charge in [0.05, 0.1) is 81.4 Å². The number of methoxy groups -OCH3 is 1. The van der Waals surface area contributed by atoms with Crippen LogP contribution in [-0.4, -0.2) is 112 Å². The van der Waals surface area contributed by atoms with Gasteiger partial charge in [0.2, 0.25) is 5.24 Å². The molecule has 0 aliphatic heterocycles. The van der Waals surface area contributed by atoms with E-state index >= 15 is 0 Å². The van der Waals surface area contributed by atoms with Crippen molar-refractivity contribution in [2.24, 2.45) is 11.5 Å². The molecule has 590 valence electrons. The number of aromatic nitrogens is 6. The zero-order chi connectivity index (χ0) is 82.4. The second-order valence-electron chi connectivity index (χ2n) is 26.0. The van der Waals surface area contributed by atoms with E-state index in [-0.39, 0.29) is 23.8 Å². The van der Waals surface area contributed by atoms with Crippen molar-refractivity contribution in [1.29, 1.82) is 5.26 Å². The molecule has 19 nitrogen and oxygen atoms in total. The van der Waals surface area contributed by atoms with Gasteiger partial charge in [0.25, 0.3) is 17.0 Å². The van der Waals surface area contributed by atoms with Crippen molar-refractivity contribution in [1.82, 2.24) is 39.7 Å². The number of carbonyl (C=O) groups excluding carboxylic acids is 2. The second kappa shape index (κ2) is 47.1. The standard InChI is InChI=1S/C23H26Cl2N4.C18H14Cl2N2O.C11H12N2O.C9H12N2O.C9H10N2.C7H6Cl2O.C5H14N2.C2H3ClO.CH4/c1-15-6-9-18-22(16(15)2)27-21(28-23(18)26-12-5-13-29(3)4)11-8-17-7-10-19(24)20(25)14-17;1-10-3-6-13-17(11(10)2)21-16(22-18(13)23)8-5-12-4-7-14(19)15(20)9-12;1-6-4-5-9-10(7(6)2)12-8(3)13-11(9)14;1-5-3-4-7(9(11)12)8(10)6(5)2;1-6-3-4-8(5-10)9(11)7(6)2;1-10-5-2-3-6(8)7(9)4-5;1-7(2)5-3-4-6;1-2(3)4;/h6-11,14H,5,12-13H2,1-4H3,(H,26,27,28);3-9H,1-2H3,(H,21,22,23);4-5H,1-3H3,(H,12,13,14);3-4H,10H2,1-2H3,(H2,11,12);3-4H,11H2,1-2H3;2-4H,1H3;3-6H2,1-2H3;1H3;1H4/b11-8+;8-5+;;;;;;;. The Morgan fingerprint density at radius 3 is 1.41 bits per heavy atom. The number of nitrogens with one attached hydrogen (secondary N) is 3. The molecule has 0 aliphatic carbocycles. The first-order valence-electron chi connectivity index (χ1n) is 34.7. The number of rotatable bonds is 14. The molecule has 3 aromatic heterocycles. The molecule has 0 saturated carbocycles. The SMILES string of the molecule is C.CC(=O)Cl.CN(C)CCCN.COc1ccc(Cl)c(Cl)c1.Cc1ccc(C#N)c(N)c1C.Cc1ccc(C(N)=O)c(N)c1C.Cc1ccc2c(=O)[nH]c(/C=C/c3ccc(Cl)c(Cl)c3)nc2c1C.Cc1ccc2c(NCCCN(C)C)nc(/C=C/c3ccc(Cl)c(Cl)c3)nc2c1C.Cc1nc2c(C)c(C)ccc2c(=O)[nH]1. The van der Waals surface area contributed by atoms with Gasteiger partial charge in [-0.15, -0.1) is 0 Å². The van der Waals surface area contributed by atoms with Crippen molar-refractivity contribution in [2.45, 2.75) is 103 Å². The van der Waals surface area contributed by atoms with Crippen LogP contribution >= 0.6 is 81.2 Å². The van der Waals surface area contributed by atoms with Crippen molar-refractivity contribution < 1.29 is 14.3 Å². The predicted molar refractivity (Wildman–Crippen MR) is 472 cm³/mol. The van der Waals surface area contributed by atoms with E-state index in [1.807, 2.05) is 128 Å². The highest BCUT2D eigenvalue weighted by molar-refractivity contribution is 6.62. The third-order valence-electron chi connectivity index (χ3n) is 17.1. The molecule has 1 amide bonds. The molecule has 0 bridgehead atoms. The molecule has 0 fully saturated rings. The number of nitriles is 1. The Morgan fingerprint density at radius 2 is 0.955 bits per heavy atom. The van der Waals surface area contributed by atoms with Crippen LogP contribution in [0.3, 0.4) is 0 Å². The van der Waals surface area contributed by atoms with Gasteiger partial charge in [-0.2, -0.15) is 5.26 Å². The zero-order valence-electron chi connectivity index (χ0n) is 65.1. The Hall–Kier alpha value is -9.40. The van der Waals surface area contributed by atoms with Gasteiger partial charge >= 0.3 is 0 Å². The van der Waals surface area contributed by atoms with Gasteiger partial charge < -0.3 is 52.8 Å². The number of amides is 1. The fourth-order valence-corrected chi connectivity index (χ4v) is 10.8. The molecule has 0 unspecified atom stereocenters. The van der Waals surface area contributed by atoms with Crippen LogP contribution in [0.1, 0.15) is 127 Å². The van der Waals surface area contributed by atoms with Crippen molar-refractivity contribution in [3.05, 3.63) is 261 Å². The number of ether oxygens (including phenoxy) is 1. The Kier molecular flexibility index (Phi) is 40.6. The number of halogens is 7. The first kappa shape index (κ1) is 95.8. The summed E-state index contributed by atoms with van der Waals surface area (Å²) in [5.74, 6) is 2.93. The maximum Gasteiger partial charge on any atom is 0.259 e. The molecule has 0 spiro atoms. The van der Waals surface area contributed by atoms with Crippen LogP contribution in [0.5, 0.6) is 5.75 Å². The molecule has 11 aromatic rings. The lowest BCUT2D eigenvalue weighted by molar-refractivity contribution is -0.109. The number of nitrogens with two attached hydrogens (primary N) is 4. The van der Waals surface area contributed by atoms with Gasteiger partial charge in [-0.1, -0.05) is 132 Å². The van der Waals surface area contributed by atoms with E-state index in [1.165, 1.54) is 18.1 Å². The summed E-state index contributed by atoms with van der Waals surface area (Å²) >= 11 is 40.0. The van der Waals surface area contributed by atoms with Gasteiger partial charge in [-0.25, -0.2) is 19.9 Å². The average Bonchev–Trinajstić information content (AvgIpc) is 0.795. The van der Waals surface area contributed by atoms with Gasteiger partial charge in [-0.3, -0.25) is 19.2 Å². The molecule has 0 aliphatic rings. The minimum absolute atomic E-state index is 0. The number of nitrogen functional groups attached to an aromatic ring is 2. The molecule has 111 heavy (non-hydrogen) atoms. The van der Waals surface area contributed by atoms with Gasteiger partial charge in [0.1, 0.15) is 29.3 Å². The lowest BCUT2D eigenvalue weighted by Crippen LogP contribution is -2.17. The fourth-order valence-electron chi connectivity index (χ4n) is 9.93. The first-order valence-corrected chi connectivity index (χ1v) is 37.3. The highest BCUT2D eigenvalue weighted by atomic mass is 35.5. The van der Waals surface area contributed by atoms with E-state index in [1.54, 1.807) is 74.7 Å². The first-order chi connectivity index (χ1) is 51.8. The number of primary amides is 1. The number of fused-ring (bicyclic) bond motifs is 3. The number of H-pyrrole nitrogens is 2. The number of nitrogens with zero attached hydrogens (tertiary/aromatic N) is 7. The lowest BCUT2D eigenvalue weighted by atomic mass is 10.0. The van der Waals surface area contributed by atoms with Crippen molar-refractivity contribution in [3.8, 4) is 11.8 Å². The Balaban J connectivity index is 0.000000348. The van der Waals surface area contributed by atoms with Gasteiger partial charge in [0, 0.05) is 30.6 Å². The third kappa shape index (κ3) is 30.3. The summed E-state index contributed by atoms with van der Waals surface area (Å²) in [6.45, 7) is 26.8. The summed E-state index contributed by atoms with van der Waals surface area (Å²) in [7, 11) is 9.85. The van der Waals surface area contributed by atoms with Gasteiger partial charge in [0.15, 0.2) is 5.82 Å². The van der Waals surface area contributed by atoms with E-state index < -0.39 is 5.91 Å². The van der Waals surface area contributed by atoms with Crippen LogP contribution in [0.25, 0.3) is 57.0 Å². The number of aryl methyl sites for hydroxylation is 9. The number of hydrogen-bond acceptors (Lipinski definition) is 16. The Bertz CT molecular complexity index is 5250. The minimum Gasteiger partial charge on any atom is -0.497 e. The second-order valence-corrected chi connectivity index (χ2v) is 28.9. The van der Waals surface area contributed by atoms with Crippen molar-refractivity contribution >= 4 is 167 Å². The van der Waals surface area contributed by atoms with Gasteiger partial charge in [-0.05, 0) is 294 Å². The quantitative estimate of drug-likeness (QED) is 0.0302. The lowest BCUT2D eigenvalue weighted by Gasteiger charge is -2.13. The molecule has 11 N–H and O–H groups in total. The summed E-state index contributed by atoms with van der Waals surface area (Å²) in [4.78, 5) is 72.1. The van der Waals surface area contributed by atoms with Crippen LogP contribution in [0.4, 0.5) is 17.2 Å². The Morgan fingerprint density at radius 1 is 0.532 bits per heavy atom. The van der Waals surface area contributed by atoms with E-state index in [2.05, 4.69) is 101 Å². The summed E-state index contributed by atoms with van der Waals surface area (Å²) in [6.07, 6.45) is 9.58. The molecule has 8 aromatic carbocycles. The number of hydrogen-bond donors (Lipinski definition) is 7. The third-order valence-corrected chi connectivity index (χ3v) is 19.3. The largest absolute Gasteiger partial charge is 0.497 e. The molecular weight excluding hydrogens is 1550 g/mol. The normalized spacial score (nSPS) is 10.5. The highest BCUT2D eigenvalue weighted by Gasteiger charge is 2.13. The maximum absolute atomic E-state index is 12.2. The zero-order valence-corrected chi connectivity index (χ0v) is 70.4. The molecule has 26 heteroatoms. The monoisotopic (exact) mass is 1640 g/mol. The number of anilines is 3. The number of carbonyl (C=O) groups is 2. The van der Waals surface area contributed by atoms with E-state index in [0.717, 1.165) is 128 Å². The highest BCUT2D eigenvalue weighted by Crippen LogP contribution is 2.30. The molecule has 11 rings (SSSR count). The van der Waals surface area contributed by atoms with Crippen molar-refractivity contribution in [3.63, 3.8) is 0 Å². The van der Waals surface area contributed by atoms with Crippen LogP contribution < -0.4 is 44.1 Å². The fraction of sp³-hybridized carbons (Fsp3) is 0.282. The molecule has 0 saturated heterocycles. The molecule has 3 heterocycles. The van der Waals surface area contributed by atoms with Crippen LogP contribution in [0, 0.1) is 87.5 Å². The summed E-state index contributed by atoms with van der Waals surface area (Å²) in [5, 5.41) is 17.2. The Labute approximate surface area is 687 Å². The average molecular weight is 1650 g/mol.